The van der Waals surface area contributed by atoms with E-state index in [-0.39, 0.29) is 25.0 Å². The summed E-state index contributed by atoms with van der Waals surface area (Å²) in [6.07, 6.45) is 8.28. The van der Waals surface area contributed by atoms with Crippen LogP contribution in [0, 0.1) is 5.92 Å². The van der Waals surface area contributed by atoms with Gasteiger partial charge in [-0.15, -0.1) is 0 Å². The van der Waals surface area contributed by atoms with Crippen molar-refractivity contribution in [2.24, 2.45) is 11.7 Å². The first-order chi connectivity index (χ1) is 16.0. The van der Waals surface area contributed by atoms with Crippen LogP contribution >= 0.6 is 0 Å². The molecule has 2 aliphatic rings. The third-order valence-electron chi connectivity index (χ3n) is 7.33. The molecule has 2 fully saturated rings. The van der Waals surface area contributed by atoms with Crippen LogP contribution in [0.4, 0.5) is 0 Å². The van der Waals surface area contributed by atoms with Crippen molar-refractivity contribution in [2.45, 2.75) is 62.0 Å². The Bertz CT molecular complexity index is 945. The standard InChI is InChI=1S/C25H32N4O4/c26-22(30)24(20-11-6-14-28-20,21-12-15-27-17-29-21)13-16-33-23(31)25(32,19-9-4-5-10-19)18-7-2-1-3-8-18/h1-3,7-8,12,15,17,19-20,28,32H,4-6,9-11,13-14,16H2,(H2,26,30)/t20-,24?,25?/m1/s1. The molecular weight excluding hydrogens is 420 g/mol. The number of ether oxygens (including phenoxy) is 1. The van der Waals surface area contributed by atoms with E-state index in [2.05, 4.69) is 15.3 Å². The van der Waals surface area contributed by atoms with Crippen molar-refractivity contribution in [2.75, 3.05) is 13.2 Å². The van der Waals surface area contributed by atoms with E-state index in [9.17, 15) is 14.7 Å². The summed E-state index contributed by atoms with van der Waals surface area (Å²) in [6.45, 7) is 0.714. The molecule has 0 radical (unpaired) electrons. The average Bonchev–Trinajstić information content (AvgIpc) is 3.57. The Morgan fingerprint density at radius 2 is 1.88 bits per heavy atom. The van der Waals surface area contributed by atoms with Crippen molar-refractivity contribution in [1.29, 1.82) is 0 Å². The van der Waals surface area contributed by atoms with Crippen molar-refractivity contribution < 1.29 is 19.4 Å². The monoisotopic (exact) mass is 452 g/mol. The zero-order valence-electron chi connectivity index (χ0n) is 18.8. The van der Waals surface area contributed by atoms with Gasteiger partial charge in [-0.2, -0.15) is 0 Å². The van der Waals surface area contributed by atoms with Crippen LogP contribution in [0.25, 0.3) is 0 Å². The van der Waals surface area contributed by atoms with Gasteiger partial charge in [-0.25, -0.2) is 14.8 Å². The molecule has 2 aromatic rings. The molecule has 1 aromatic heterocycles. The summed E-state index contributed by atoms with van der Waals surface area (Å²) in [7, 11) is 0. The fraction of sp³-hybridized carbons (Fsp3) is 0.520. The Hall–Kier alpha value is -2.84. The molecule has 33 heavy (non-hydrogen) atoms. The van der Waals surface area contributed by atoms with E-state index in [0.717, 1.165) is 45.1 Å². The number of nitrogens with one attached hydrogen (secondary N) is 1. The first-order valence-corrected chi connectivity index (χ1v) is 11.7. The van der Waals surface area contributed by atoms with Crippen molar-refractivity contribution in [3.8, 4) is 0 Å². The number of carbonyl (C=O) groups is 2. The molecule has 0 spiro atoms. The Kier molecular flexibility index (Phi) is 7.05. The lowest BCUT2D eigenvalue weighted by Gasteiger charge is -2.36. The molecule has 1 aromatic carbocycles. The van der Waals surface area contributed by atoms with Gasteiger partial charge in [-0.3, -0.25) is 4.79 Å². The number of amides is 1. The first kappa shape index (κ1) is 23.3. The molecule has 0 bridgehead atoms. The number of nitrogens with two attached hydrogens (primary N) is 1. The van der Waals surface area contributed by atoms with Crippen LogP contribution < -0.4 is 11.1 Å². The highest BCUT2D eigenvalue weighted by Gasteiger charge is 2.50. The van der Waals surface area contributed by atoms with Crippen LogP contribution in [-0.4, -0.2) is 46.1 Å². The van der Waals surface area contributed by atoms with Crippen molar-refractivity contribution in [3.05, 3.63) is 60.2 Å². The number of esters is 1. The molecule has 4 N–H and O–H groups in total. The van der Waals surface area contributed by atoms with E-state index in [1.807, 2.05) is 18.2 Å². The Labute approximate surface area is 194 Å². The normalized spacial score (nSPS) is 22.4. The summed E-state index contributed by atoms with van der Waals surface area (Å²) in [5, 5.41) is 15.0. The number of aromatic nitrogens is 2. The molecule has 4 rings (SSSR count). The summed E-state index contributed by atoms with van der Waals surface area (Å²) in [6, 6.07) is 10.5. The molecule has 1 aliphatic heterocycles. The number of benzene rings is 1. The van der Waals surface area contributed by atoms with Gasteiger partial charge < -0.3 is 20.9 Å². The van der Waals surface area contributed by atoms with Crippen LogP contribution in [0.1, 0.15) is 56.2 Å². The zero-order valence-corrected chi connectivity index (χ0v) is 18.8. The maximum atomic E-state index is 13.3. The smallest absolute Gasteiger partial charge is 0.343 e. The SMILES string of the molecule is NC(=O)C(CCOC(=O)C(O)(c1ccccc1)C1CCCC1)(c1ccncn1)[C@H]1CCCN1. The van der Waals surface area contributed by atoms with Crippen molar-refractivity contribution >= 4 is 11.9 Å². The minimum absolute atomic E-state index is 0.0637. The van der Waals surface area contributed by atoms with E-state index in [1.54, 1.807) is 24.4 Å². The van der Waals surface area contributed by atoms with Gasteiger partial charge in [0, 0.05) is 24.6 Å². The largest absolute Gasteiger partial charge is 0.463 e. The highest BCUT2D eigenvalue weighted by atomic mass is 16.5. The van der Waals surface area contributed by atoms with Crippen molar-refractivity contribution in [3.63, 3.8) is 0 Å². The van der Waals surface area contributed by atoms with Gasteiger partial charge in [0.1, 0.15) is 11.7 Å². The van der Waals surface area contributed by atoms with E-state index in [0.29, 0.717) is 11.3 Å². The number of aliphatic hydroxyl groups is 1. The molecule has 1 amide bonds. The Morgan fingerprint density at radius 3 is 2.48 bits per heavy atom. The second-order valence-electron chi connectivity index (χ2n) is 9.08. The van der Waals surface area contributed by atoms with Crippen molar-refractivity contribution in [1.82, 2.24) is 15.3 Å². The molecule has 2 heterocycles. The Balaban J connectivity index is 1.57. The van der Waals surface area contributed by atoms with Crippen LogP contribution in [0.2, 0.25) is 0 Å². The quantitative estimate of drug-likeness (QED) is 0.496. The molecule has 1 saturated carbocycles. The number of carbonyl (C=O) groups excluding carboxylic acids is 2. The topological polar surface area (TPSA) is 127 Å². The summed E-state index contributed by atoms with van der Waals surface area (Å²) in [5.74, 6) is -1.40. The van der Waals surface area contributed by atoms with Gasteiger partial charge in [0.2, 0.25) is 5.91 Å². The number of hydrogen-bond donors (Lipinski definition) is 3. The van der Waals surface area contributed by atoms with Gasteiger partial charge in [0.05, 0.1) is 12.3 Å². The van der Waals surface area contributed by atoms with Crippen LogP contribution in [-0.2, 0) is 25.3 Å². The summed E-state index contributed by atoms with van der Waals surface area (Å²) in [5.41, 5.74) is 4.14. The predicted octanol–water partition coefficient (Wildman–Crippen LogP) is 1.96. The minimum Gasteiger partial charge on any atom is -0.463 e. The van der Waals surface area contributed by atoms with Gasteiger partial charge in [-0.1, -0.05) is 43.2 Å². The Morgan fingerprint density at radius 1 is 1.12 bits per heavy atom. The second-order valence-corrected chi connectivity index (χ2v) is 9.08. The lowest BCUT2D eigenvalue weighted by molar-refractivity contribution is -0.174. The molecule has 8 nitrogen and oxygen atoms in total. The predicted molar refractivity (Wildman–Crippen MR) is 122 cm³/mol. The number of primary amides is 1. The summed E-state index contributed by atoms with van der Waals surface area (Å²) < 4.78 is 5.69. The molecule has 2 unspecified atom stereocenters. The highest BCUT2D eigenvalue weighted by Crippen LogP contribution is 2.42. The molecule has 8 heteroatoms. The lowest BCUT2D eigenvalue weighted by Crippen LogP contribution is -2.55. The average molecular weight is 453 g/mol. The fourth-order valence-electron chi connectivity index (χ4n) is 5.53. The number of hydrogen-bond acceptors (Lipinski definition) is 7. The molecular formula is C25H32N4O4. The van der Waals surface area contributed by atoms with Gasteiger partial charge in [0.25, 0.3) is 0 Å². The lowest BCUT2D eigenvalue weighted by atomic mass is 9.73. The highest BCUT2D eigenvalue weighted by molar-refractivity contribution is 5.87. The second kappa shape index (κ2) is 9.97. The fourth-order valence-corrected chi connectivity index (χ4v) is 5.53. The summed E-state index contributed by atoms with van der Waals surface area (Å²) >= 11 is 0. The molecule has 3 atom stereocenters. The van der Waals surface area contributed by atoms with E-state index >= 15 is 0 Å². The molecule has 1 saturated heterocycles. The zero-order chi connectivity index (χ0) is 23.3. The maximum Gasteiger partial charge on any atom is 0.343 e. The summed E-state index contributed by atoms with van der Waals surface area (Å²) in [4.78, 5) is 34.5. The van der Waals surface area contributed by atoms with Crippen LogP contribution in [0.5, 0.6) is 0 Å². The van der Waals surface area contributed by atoms with E-state index in [1.165, 1.54) is 6.33 Å². The number of rotatable bonds is 9. The third kappa shape index (κ3) is 4.37. The van der Waals surface area contributed by atoms with E-state index < -0.39 is 22.9 Å². The maximum absolute atomic E-state index is 13.3. The number of nitrogens with zero attached hydrogens (tertiary/aromatic N) is 2. The first-order valence-electron chi connectivity index (χ1n) is 11.7. The third-order valence-corrected chi connectivity index (χ3v) is 7.33. The molecule has 1 aliphatic carbocycles. The van der Waals surface area contributed by atoms with Gasteiger partial charge in [0.15, 0.2) is 5.60 Å². The molecule has 176 valence electrons. The van der Waals surface area contributed by atoms with Crippen LogP contribution in [0.3, 0.4) is 0 Å². The van der Waals surface area contributed by atoms with Gasteiger partial charge >= 0.3 is 5.97 Å². The minimum atomic E-state index is -1.71. The van der Waals surface area contributed by atoms with Gasteiger partial charge in [-0.05, 0) is 43.9 Å². The van der Waals surface area contributed by atoms with E-state index in [4.69, 9.17) is 10.5 Å². The van der Waals surface area contributed by atoms with Crippen LogP contribution in [0.15, 0.2) is 48.9 Å².